The summed E-state index contributed by atoms with van der Waals surface area (Å²) in [6.07, 6.45) is 2.30. The van der Waals surface area contributed by atoms with Gasteiger partial charge in [0.1, 0.15) is 11.5 Å². The largest absolute Gasteiger partial charge is 0.497 e. The fraction of sp³-hybridized carbons (Fsp3) is 0.400. The maximum absolute atomic E-state index is 6.32. The van der Waals surface area contributed by atoms with E-state index in [2.05, 4.69) is 32.1 Å². The Morgan fingerprint density at radius 2 is 1.37 bits per heavy atom. The Balaban J connectivity index is 1.35. The Morgan fingerprint density at radius 3 is 1.97 bits per heavy atom. The van der Waals surface area contributed by atoms with E-state index in [-0.39, 0.29) is 0 Å². The third-order valence-corrected chi connectivity index (χ3v) is 6.70. The molecule has 0 spiro atoms. The van der Waals surface area contributed by atoms with E-state index in [1.54, 1.807) is 14.2 Å². The summed E-state index contributed by atoms with van der Waals surface area (Å²) in [7, 11) is 3.29. The molecule has 0 unspecified atom stereocenters. The van der Waals surface area contributed by atoms with Gasteiger partial charge in [-0.25, -0.2) is 0 Å². The molecule has 0 aliphatic carbocycles. The minimum atomic E-state index is 0.510. The summed E-state index contributed by atoms with van der Waals surface area (Å²) < 4.78 is 10.5. The number of halogens is 1. The number of nitrogens with one attached hydrogen (secondary N) is 1. The zero-order valence-corrected chi connectivity index (χ0v) is 20.8. The first kappa shape index (κ1) is 23.3. The number of rotatable bonds is 7. The van der Waals surface area contributed by atoms with Gasteiger partial charge in [-0.2, -0.15) is 15.0 Å². The van der Waals surface area contributed by atoms with Gasteiger partial charge in [0.15, 0.2) is 0 Å². The van der Waals surface area contributed by atoms with Gasteiger partial charge in [0.2, 0.25) is 17.8 Å². The van der Waals surface area contributed by atoms with Crippen molar-refractivity contribution in [3.8, 4) is 11.5 Å². The van der Waals surface area contributed by atoms with E-state index in [9.17, 15) is 0 Å². The van der Waals surface area contributed by atoms with Gasteiger partial charge < -0.3 is 29.5 Å². The molecule has 0 atom stereocenters. The molecule has 0 amide bonds. The van der Waals surface area contributed by atoms with Gasteiger partial charge in [-0.05, 0) is 55.3 Å². The van der Waals surface area contributed by atoms with E-state index in [1.165, 1.54) is 5.69 Å². The molecule has 1 aromatic heterocycles. The van der Waals surface area contributed by atoms with E-state index in [1.807, 2.05) is 30.3 Å². The van der Waals surface area contributed by atoms with Crippen LogP contribution in [0.1, 0.15) is 12.8 Å². The van der Waals surface area contributed by atoms with Crippen molar-refractivity contribution in [3.63, 3.8) is 0 Å². The number of hydrogen-bond acceptors (Lipinski definition) is 9. The topological polar surface area (TPSA) is 78.9 Å². The molecule has 3 aromatic rings. The molecular formula is C25H30ClN7O2. The highest BCUT2D eigenvalue weighted by molar-refractivity contribution is 6.32. The van der Waals surface area contributed by atoms with Crippen LogP contribution in [0.15, 0.2) is 42.5 Å². The van der Waals surface area contributed by atoms with Crippen LogP contribution in [0.25, 0.3) is 0 Å². The average Bonchev–Trinajstić information content (AvgIpc) is 3.44. The molecular weight excluding hydrogens is 466 g/mol. The lowest BCUT2D eigenvalue weighted by atomic mass is 10.2. The van der Waals surface area contributed by atoms with E-state index in [4.69, 9.17) is 36.0 Å². The van der Waals surface area contributed by atoms with Gasteiger partial charge in [-0.1, -0.05) is 11.6 Å². The summed E-state index contributed by atoms with van der Waals surface area (Å²) in [5.74, 6) is 3.41. The Hall–Kier alpha value is -3.46. The van der Waals surface area contributed by atoms with Crippen LogP contribution in [0.5, 0.6) is 11.5 Å². The average molecular weight is 496 g/mol. The summed E-state index contributed by atoms with van der Waals surface area (Å²) in [5.41, 5.74) is 1.99. The van der Waals surface area contributed by atoms with Gasteiger partial charge in [0.05, 0.1) is 19.2 Å². The lowest BCUT2D eigenvalue weighted by Gasteiger charge is -2.36. The third-order valence-electron chi connectivity index (χ3n) is 6.41. The summed E-state index contributed by atoms with van der Waals surface area (Å²) in [4.78, 5) is 21.2. The molecule has 35 heavy (non-hydrogen) atoms. The molecule has 0 radical (unpaired) electrons. The number of aromatic nitrogens is 3. The zero-order chi connectivity index (χ0) is 24.2. The van der Waals surface area contributed by atoms with Gasteiger partial charge in [-0.3, -0.25) is 0 Å². The van der Waals surface area contributed by atoms with Crippen LogP contribution in [0.2, 0.25) is 5.02 Å². The Morgan fingerprint density at radius 1 is 0.743 bits per heavy atom. The zero-order valence-electron chi connectivity index (χ0n) is 20.1. The normalized spacial score (nSPS) is 15.9. The predicted molar refractivity (Wildman–Crippen MR) is 140 cm³/mol. The lowest BCUT2D eigenvalue weighted by molar-refractivity contribution is 0.414. The lowest BCUT2D eigenvalue weighted by Crippen LogP contribution is -2.47. The van der Waals surface area contributed by atoms with Gasteiger partial charge in [0.25, 0.3) is 0 Å². The Labute approximate surface area is 210 Å². The van der Waals surface area contributed by atoms with Crippen LogP contribution in [-0.2, 0) is 0 Å². The molecule has 0 saturated carbocycles. The first-order valence-corrected chi connectivity index (χ1v) is 12.3. The molecule has 1 N–H and O–H groups in total. The first-order chi connectivity index (χ1) is 17.1. The van der Waals surface area contributed by atoms with E-state index in [0.717, 1.165) is 63.5 Å². The molecule has 2 saturated heterocycles. The Kier molecular flexibility index (Phi) is 6.94. The standard InChI is InChI=1S/C25H30ClN7O2/c1-34-20-8-6-19(7-9-20)31-13-15-33(16-14-31)25-29-23(28-24(30-25)32-11-3-4-12-32)27-18-5-10-22(35-2)21(26)17-18/h5-10,17H,3-4,11-16H2,1-2H3,(H,27,28,29,30). The molecule has 3 heterocycles. The highest BCUT2D eigenvalue weighted by Crippen LogP contribution is 2.29. The van der Waals surface area contributed by atoms with Crippen LogP contribution < -0.4 is 29.5 Å². The van der Waals surface area contributed by atoms with Crippen LogP contribution in [0.4, 0.5) is 29.2 Å². The van der Waals surface area contributed by atoms with Gasteiger partial charge in [0, 0.05) is 50.6 Å². The van der Waals surface area contributed by atoms with Crippen molar-refractivity contribution in [2.75, 3.05) is 73.5 Å². The number of anilines is 5. The van der Waals surface area contributed by atoms with Crippen LogP contribution in [0.3, 0.4) is 0 Å². The number of methoxy groups -OCH3 is 2. The Bertz CT molecular complexity index is 1150. The quantitative estimate of drug-likeness (QED) is 0.518. The van der Waals surface area contributed by atoms with E-state index in [0.29, 0.717) is 28.6 Å². The molecule has 2 aliphatic heterocycles. The van der Waals surface area contributed by atoms with E-state index >= 15 is 0 Å². The third kappa shape index (κ3) is 5.30. The SMILES string of the molecule is COc1ccc(N2CCN(c3nc(Nc4ccc(OC)c(Cl)c4)nc(N4CCCC4)n3)CC2)cc1. The highest BCUT2D eigenvalue weighted by atomic mass is 35.5. The maximum atomic E-state index is 6.32. The second-order valence-corrected chi connectivity index (χ2v) is 9.01. The minimum absolute atomic E-state index is 0.510. The second kappa shape index (κ2) is 10.4. The number of benzene rings is 2. The summed E-state index contributed by atoms with van der Waals surface area (Å²) in [5, 5.41) is 3.84. The van der Waals surface area contributed by atoms with Crippen molar-refractivity contribution in [1.29, 1.82) is 0 Å². The molecule has 10 heteroatoms. The molecule has 0 bridgehead atoms. The molecule has 184 valence electrons. The van der Waals surface area contributed by atoms with Gasteiger partial charge >= 0.3 is 0 Å². The second-order valence-electron chi connectivity index (χ2n) is 8.60. The van der Waals surface area contributed by atoms with Crippen molar-refractivity contribution < 1.29 is 9.47 Å². The molecule has 5 rings (SSSR count). The molecule has 9 nitrogen and oxygen atoms in total. The van der Waals surface area contributed by atoms with Crippen molar-refractivity contribution in [2.24, 2.45) is 0 Å². The first-order valence-electron chi connectivity index (χ1n) is 11.9. The smallest absolute Gasteiger partial charge is 0.233 e. The fourth-order valence-corrected chi connectivity index (χ4v) is 4.70. The number of ether oxygens (including phenoxy) is 2. The maximum Gasteiger partial charge on any atom is 0.233 e. The van der Waals surface area contributed by atoms with Crippen molar-refractivity contribution >= 4 is 40.8 Å². The summed E-state index contributed by atoms with van der Waals surface area (Å²) in [6, 6.07) is 13.7. The van der Waals surface area contributed by atoms with Crippen LogP contribution in [0, 0.1) is 0 Å². The van der Waals surface area contributed by atoms with Crippen molar-refractivity contribution in [1.82, 2.24) is 15.0 Å². The van der Waals surface area contributed by atoms with Crippen molar-refractivity contribution in [2.45, 2.75) is 12.8 Å². The molecule has 2 aromatic carbocycles. The summed E-state index contributed by atoms with van der Waals surface area (Å²) in [6.45, 7) is 5.33. The van der Waals surface area contributed by atoms with Crippen molar-refractivity contribution in [3.05, 3.63) is 47.5 Å². The molecule has 2 fully saturated rings. The predicted octanol–water partition coefficient (Wildman–Crippen LogP) is 4.21. The number of nitrogens with zero attached hydrogens (tertiary/aromatic N) is 6. The number of hydrogen-bond donors (Lipinski definition) is 1. The summed E-state index contributed by atoms with van der Waals surface area (Å²) >= 11 is 6.32. The number of piperazine rings is 1. The van der Waals surface area contributed by atoms with Crippen LogP contribution >= 0.6 is 11.6 Å². The highest BCUT2D eigenvalue weighted by Gasteiger charge is 2.23. The minimum Gasteiger partial charge on any atom is -0.497 e. The van der Waals surface area contributed by atoms with Gasteiger partial charge in [-0.15, -0.1) is 0 Å². The monoisotopic (exact) mass is 495 g/mol. The van der Waals surface area contributed by atoms with E-state index < -0.39 is 0 Å². The fourth-order valence-electron chi connectivity index (χ4n) is 4.44. The van der Waals surface area contributed by atoms with Crippen LogP contribution in [-0.4, -0.2) is 68.4 Å². The molecule has 2 aliphatic rings.